The number of rotatable bonds is 6. The molecule has 0 fully saturated rings. The Kier molecular flexibility index (Phi) is 4.85. The van der Waals surface area contributed by atoms with E-state index in [0.29, 0.717) is 0 Å². The number of nitrogens with one attached hydrogen (secondary N) is 1. The third kappa shape index (κ3) is 4.16. The Morgan fingerprint density at radius 3 is 2.52 bits per heavy atom. The number of carboxylic acids is 1. The van der Waals surface area contributed by atoms with Crippen molar-refractivity contribution < 1.29 is 24.4 Å². The van der Waals surface area contributed by atoms with Crippen molar-refractivity contribution in [3.05, 3.63) is 28.3 Å². The van der Waals surface area contributed by atoms with Gasteiger partial charge in [-0.3, -0.25) is 19.7 Å². The molecule has 0 saturated carbocycles. The van der Waals surface area contributed by atoms with Gasteiger partial charge < -0.3 is 15.2 Å². The second-order valence-electron chi connectivity index (χ2n) is 5.05. The van der Waals surface area contributed by atoms with E-state index < -0.39 is 22.2 Å². The second kappa shape index (κ2) is 6.21. The van der Waals surface area contributed by atoms with Gasteiger partial charge in [-0.2, -0.15) is 0 Å². The normalized spacial score (nSPS) is 10.8. The number of amides is 1. The minimum atomic E-state index is -1.26. The molecule has 8 nitrogen and oxygen atoms in total. The zero-order valence-corrected chi connectivity index (χ0v) is 11.9. The van der Waals surface area contributed by atoms with E-state index in [1.807, 2.05) is 0 Å². The van der Waals surface area contributed by atoms with Crippen molar-refractivity contribution >= 4 is 23.3 Å². The monoisotopic (exact) mass is 296 g/mol. The van der Waals surface area contributed by atoms with E-state index in [2.05, 4.69) is 5.32 Å². The Bertz CT molecular complexity index is 582. The molecular weight excluding hydrogens is 280 g/mol. The molecule has 0 aliphatic carbocycles. The molecule has 8 heteroatoms. The first kappa shape index (κ1) is 16.4. The van der Waals surface area contributed by atoms with Crippen LogP contribution in [0.3, 0.4) is 0 Å². The highest BCUT2D eigenvalue weighted by molar-refractivity contribution is 5.95. The van der Waals surface area contributed by atoms with Crippen LogP contribution in [0.1, 0.15) is 20.3 Å². The minimum absolute atomic E-state index is 0.00742. The number of hydrogen-bond donors (Lipinski definition) is 2. The molecule has 0 saturated heterocycles. The molecule has 0 bridgehead atoms. The lowest BCUT2D eigenvalue weighted by Crippen LogP contribution is -2.29. The summed E-state index contributed by atoms with van der Waals surface area (Å²) >= 11 is 0. The summed E-state index contributed by atoms with van der Waals surface area (Å²) in [4.78, 5) is 33.1. The van der Waals surface area contributed by atoms with Crippen LogP contribution >= 0.6 is 0 Å². The van der Waals surface area contributed by atoms with Crippen molar-refractivity contribution in [2.75, 3.05) is 12.4 Å². The first-order valence-electron chi connectivity index (χ1n) is 6.03. The predicted octanol–water partition coefficient (Wildman–Crippen LogP) is 2.04. The first-order chi connectivity index (χ1) is 9.67. The molecule has 1 rings (SSSR count). The van der Waals surface area contributed by atoms with Gasteiger partial charge in [0.1, 0.15) is 11.4 Å². The van der Waals surface area contributed by atoms with Crippen LogP contribution < -0.4 is 10.1 Å². The number of aliphatic carboxylic acids is 1. The van der Waals surface area contributed by atoms with Crippen LogP contribution in [0.2, 0.25) is 0 Å². The van der Waals surface area contributed by atoms with Crippen LogP contribution in [0.4, 0.5) is 11.4 Å². The fourth-order valence-corrected chi connectivity index (χ4v) is 1.57. The fraction of sp³-hybridized carbons (Fsp3) is 0.385. The molecule has 0 spiro atoms. The largest absolute Gasteiger partial charge is 0.496 e. The molecule has 1 aromatic rings. The van der Waals surface area contributed by atoms with Crippen LogP contribution in [-0.2, 0) is 9.59 Å². The maximum absolute atomic E-state index is 11.8. The lowest BCUT2D eigenvalue weighted by Gasteiger charge is -2.18. The second-order valence-corrected chi connectivity index (χ2v) is 5.05. The van der Waals surface area contributed by atoms with E-state index in [9.17, 15) is 19.7 Å². The highest BCUT2D eigenvalue weighted by atomic mass is 16.6. The number of ether oxygens (including phenoxy) is 1. The van der Waals surface area contributed by atoms with Gasteiger partial charge in [-0.15, -0.1) is 0 Å². The van der Waals surface area contributed by atoms with Crippen molar-refractivity contribution in [2.45, 2.75) is 20.3 Å². The molecule has 0 heterocycles. The number of nitrogens with zero attached hydrogens (tertiary/aromatic N) is 1. The molecule has 114 valence electrons. The number of methoxy groups -OCH3 is 1. The Morgan fingerprint density at radius 2 is 2.05 bits per heavy atom. The van der Waals surface area contributed by atoms with E-state index in [-0.39, 0.29) is 23.5 Å². The summed E-state index contributed by atoms with van der Waals surface area (Å²) < 4.78 is 4.88. The molecule has 0 unspecified atom stereocenters. The Balaban J connectivity index is 2.95. The number of carbonyl (C=O) groups excluding carboxylic acids is 1. The molecule has 0 aliphatic heterocycles. The lowest BCUT2D eigenvalue weighted by molar-refractivity contribution is -0.384. The third-order valence-corrected chi connectivity index (χ3v) is 2.86. The zero-order chi connectivity index (χ0) is 16.2. The molecule has 0 aliphatic rings. The molecule has 0 radical (unpaired) electrons. The molecule has 2 N–H and O–H groups in total. The number of nitro groups is 1. The lowest BCUT2D eigenvalue weighted by atomic mass is 9.89. The Hall–Kier alpha value is -2.64. The fourth-order valence-electron chi connectivity index (χ4n) is 1.57. The topological polar surface area (TPSA) is 119 Å². The average molecular weight is 296 g/mol. The highest BCUT2D eigenvalue weighted by Gasteiger charge is 2.30. The summed E-state index contributed by atoms with van der Waals surface area (Å²) in [6, 6.07) is 3.98. The molecule has 1 amide bonds. The van der Waals surface area contributed by atoms with Gasteiger partial charge in [-0.05, 0) is 26.0 Å². The van der Waals surface area contributed by atoms with Gasteiger partial charge >= 0.3 is 5.97 Å². The number of anilines is 1. The summed E-state index contributed by atoms with van der Waals surface area (Å²) in [6.45, 7) is 2.80. The summed E-state index contributed by atoms with van der Waals surface area (Å²) in [5.41, 5.74) is -1.59. The van der Waals surface area contributed by atoms with E-state index in [4.69, 9.17) is 9.84 Å². The number of carbonyl (C=O) groups is 2. The van der Waals surface area contributed by atoms with E-state index >= 15 is 0 Å². The number of carboxylic acid groups (broad SMARTS) is 1. The summed E-state index contributed by atoms with van der Waals surface area (Å²) in [5.74, 6) is -1.46. The van der Waals surface area contributed by atoms with Crippen molar-refractivity contribution in [1.82, 2.24) is 0 Å². The quantitative estimate of drug-likeness (QED) is 0.612. The van der Waals surface area contributed by atoms with Crippen molar-refractivity contribution in [3.63, 3.8) is 0 Å². The smallest absolute Gasteiger partial charge is 0.309 e. The number of hydrogen-bond acceptors (Lipinski definition) is 5. The van der Waals surface area contributed by atoms with E-state index in [0.717, 1.165) is 0 Å². The van der Waals surface area contributed by atoms with Gasteiger partial charge in [0.2, 0.25) is 5.91 Å². The minimum Gasteiger partial charge on any atom is -0.496 e. The van der Waals surface area contributed by atoms with Crippen molar-refractivity contribution in [3.8, 4) is 5.75 Å². The summed E-state index contributed by atoms with van der Waals surface area (Å²) in [7, 11) is 1.37. The number of nitro benzene ring substituents is 1. The standard InChI is InChI=1S/C13H16N2O6/c1-13(2,12(17)18)7-11(16)14-9-5-4-8(21-3)6-10(9)15(19)20/h4-6H,7H2,1-3H3,(H,14,16)(H,17,18). The van der Waals surface area contributed by atoms with Gasteiger partial charge in [0.15, 0.2) is 0 Å². The highest BCUT2D eigenvalue weighted by Crippen LogP contribution is 2.30. The van der Waals surface area contributed by atoms with Crippen LogP contribution in [0.5, 0.6) is 5.75 Å². The average Bonchev–Trinajstić information content (AvgIpc) is 2.37. The summed E-state index contributed by atoms with van der Waals surface area (Å²) in [6.07, 6.45) is -0.300. The van der Waals surface area contributed by atoms with Crippen LogP contribution in [0.15, 0.2) is 18.2 Å². The number of benzene rings is 1. The van der Waals surface area contributed by atoms with Crippen molar-refractivity contribution in [1.29, 1.82) is 0 Å². The van der Waals surface area contributed by atoms with Crippen molar-refractivity contribution in [2.24, 2.45) is 5.41 Å². The SMILES string of the molecule is COc1ccc(NC(=O)CC(C)(C)C(=O)O)c([N+](=O)[O-])c1. The molecule has 1 aromatic carbocycles. The molecule has 21 heavy (non-hydrogen) atoms. The Labute approximate surface area is 120 Å². The van der Waals surface area contributed by atoms with Crippen LogP contribution in [-0.4, -0.2) is 29.0 Å². The third-order valence-electron chi connectivity index (χ3n) is 2.86. The maximum Gasteiger partial charge on any atom is 0.309 e. The Morgan fingerprint density at radius 1 is 1.43 bits per heavy atom. The van der Waals surface area contributed by atoms with Gasteiger partial charge in [-0.1, -0.05) is 0 Å². The van der Waals surface area contributed by atoms with Crippen LogP contribution in [0, 0.1) is 15.5 Å². The van der Waals surface area contributed by atoms with E-state index in [1.54, 1.807) is 0 Å². The maximum atomic E-state index is 11.8. The van der Waals surface area contributed by atoms with Crippen LogP contribution in [0.25, 0.3) is 0 Å². The molecule has 0 atom stereocenters. The first-order valence-corrected chi connectivity index (χ1v) is 6.03. The van der Waals surface area contributed by atoms with Gasteiger partial charge in [-0.25, -0.2) is 0 Å². The van der Waals surface area contributed by atoms with Gasteiger partial charge in [0, 0.05) is 6.42 Å². The summed E-state index contributed by atoms with van der Waals surface area (Å²) in [5, 5.41) is 22.3. The predicted molar refractivity (Wildman–Crippen MR) is 74.3 cm³/mol. The van der Waals surface area contributed by atoms with E-state index in [1.165, 1.54) is 39.2 Å². The van der Waals surface area contributed by atoms with Gasteiger partial charge in [0.05, 0.1) is 23.5 Å². The molecular formula is C13H16N2O6. The van der Waals surface area contributed by atoms with Gasteiger partial charge in [0.25, 0.3) is 5.69 Å². The zero-order valence-electron chi connectivity index (χ0n) is 11.9. The molecule has 0 aromatic heterocycles.